The summed E-state index contributed by atoms with van der Waals surface area (Å²) in [6, 6.07) is 7.20. The zero-order valence-corrected chi connectivity index (χ0v) is 12.9. The average molecular weight is 300 g/mol. The molecule has 1 aliphatic heterocycles. The quantitative estimate of drug-likeness (QED) is 0.897. The lowest BCUT2D eigenvalue weighted by Crippen LogP contribution is -2.35. The number of nitrogens with two attached hydrogens (primary N) is 1. The van der Waals surface area contributed by atoms with E-state index in [2.05, 4.69) is 4.90 Å². The smallest absolute Gasteiger partial charge is 0.335 e. The first-order valence-corrected chi connectivity index (χ1v) is 8.15. The lowest BCUT2D eigenvalue weighted by molar-refractivity contribution is 0.0697. The number of aromatic carboxylic acids is 1. The van der Waals surface area contributed by atoms with Gasteiger partial charge in [-0.1, -0.05) is 17.7 Å². The fourth-order valence-electron chi connectivity index (χ4n) is 3.34. The van der Waals surface area contributed by atoms with Crippen LogP contribution in [0.5, 0.6) is 0 Å². The van der Waals surface area contributed by atoms with E-state index in [4.69, 9.17) is 10.8 Å². The van der Waals surface area contributed by atoms with Crippen LogP contribution in [0.1, 0.15) is 48.0 Å². The van der Waals surface area contributed by atoms with Crippen molar-refractivity contribution >= 4 is 5.97 Å². The molecule has 2 aliphatic rings. The highest BCUT2D eigenvalue weighted by atomic mass is 16.4. The van der Waals surface area contributed by atoms with Crippen LogP contribution in [0.15, 0.2) is 35.5 Å². The topological polar surface area (TPSA) is 66.6 Å². The number of hydrogen-bond acceptors (Lipinski definition) is 3. The van der Waals surface area contributed by atoms with Crippen LogP contribution < -0.4 is 5.73 Å². The number of carboxylic acid groups (broad SMARTS) is 1. The lowest BCUT2D eigenvalue weighted by atomic mass is 9.83. The van der Waals surface area contributed by atoms with Crippen LogP contribution in [-0.4, -0.2) is 29.1 Å². The van der Waals surface area contributed by atoms with Gasteiger partial charge >= 0.3 is 5.97 Å². The molecule has 1 aromatic rings. The second-order valence-electron chi connectivity index (χ2n) is 6.46. The number of nitrogens with zero attached hydrogens (tertiary/aromatic N) is 1. The van der Waals surface area contributed by atoms with Gasteiger partial charge < -0.3 is 10.8 Å². The number of carboxylic acids is 1. The van der Waals surface area contributed by atoms with E-state index < -0.39 is 5.97 Å². The summed E-state index contributed by atoms with van der Waals surface area (Å²) in [6.07, 6.45) is 6.01. The van der Waals surface area contributed by atoms with Crippen molar-refractivity contribution in [3.8, 4) is 0 Å². The van der Waals surface area contributed by atoms with Crippen molar-refractivity contribution in [3.05, 3.63) is 46.7 Å². The van der Waals surface area contributed by atoms with E-state index in [1.54, 1.807) is 12.1 Å². The minimum atomic E-state index is -0.869. The van der Waals surface area contributed by atoms with Crippen LogP contribution in [0, 0.1) is 5.92 Å². The number of benzene rings is 1. The molecule has 3 rings (SSSR count). The molecule has 2 fully saturated rings. The normalized spacial score (nSPS) is 19.7. The summed E-state index contributed by atoms with van der Waals surface area (Å²) >= 11 is 0. The SMILES string of the molecule is NC(=C1CCC1)C1CCN(Cc2ccc(C(=O)O)cc2)CC1. The van der Waals surface area contributed by atoms with Crippen LogP contribution in [0.3, 0.4) is 0 Å². The third kappa shape index (κ3) is 3.33. The monoisotopic (exact) mass is 300 g/mol. The largest absolute Gasteiger partial charge is 0.478 e. The highest BCUT2D eigenvalue weighted by Gasteiger charge is 2.24. The van der Waals surface area contributed by atoms with Crippen LogP contribution in [-0.2, 0) is 6.54 Å². The zero-order chi connectivity index (χ0) is 15.5. The van der Waals surface area contributed by atoms with E-state index in [1.165, 1.54) is 36.1 Å². The summed E-state index contributed by atoms with van der Waals surface area (Å²) in [7, 11) is 0. The molecular weight excluding hydrogens is 276 g/mol. The van der Waals surface area contributed by atoms with E-state index >= 15 is 0 Å². The molecule has 0 spiro atoms. The predicted molar refractivity (Wildman–Crippen MR) is 86.5 cm³/mol. The second-order valence-corrected chi connectivity index (χ2v) is 6.46. The fraction of sp³-hybridized carbons (Fsp3) is 0.500. The first-order valence-electron chi connectivity index (χ1n) is 8.15. The van der Waals surface area contributed by atoms with Gasteiger partial charge in [0.25, 0.3) is 0 Å². The number of likely N-dealkylation sites (tertiary alicyclic amines) is 1. The first kappa shape index (κ1) is 15.1. The van der Waals surface area contributed by atoms with E-state index in [0.29, 0.717) is 11.5 Å². The highest BCUT2D eigenvalue weighted by molar-refractivity contribution is 5.87. The summed E-state index contributed by atoms with van der Waals surface area (Å²) in [4.78, 5) is 13.3. The first-order chi connectivity index (χ1) is 10.6. The van der Waals surface area contributed by atoms with Gasteiger partial charge in [0.15, 0.2) is 0 Å². The zero-order valence-electron chi connectivity index (χ0n) is 12.9. The Morgan fingerprint density at radius 1 is 1.18 bits per heavy atom. The van der Waals surface area contributed by atoms with Crippen LogP contribution in [0.25, 0.3) is 0 Å². The summed E-state index contributed by atoms with van der Waals surface area (Å²) in [5, 5.41) is 8.92. The molecule has 118 valence electrons. The molecule has 1 heterocycles. The van der Waals surface area contributed by atoms with Crippen molar-refractivity contribution in [1.82, 2.24) is 4.90 Å². The van der Waals surface area contributed by atoms with Crippen LogP contribution in [0.2, 0.25) is 0 Å². The highest BCUT2D eigenvalue weighted by Crippen LogP contribution is 2.33. The van der Waals surface area contributed by atoms with Gasteiger partial charge in [0, 0.05) is 18.2 Å². The van der Waals surface area contributed by atoms with Gasteiger partial charge in [0.2, 0.25) is 0 Å². The molecule has 0 aromatic heterocycles. The van der Waals surface area contributed by atoms with Gasteiger partial charge in [-0.25, -0.2) is 4.79 Å². The maximum atomic E-state index is 10.9. The van der Waals surface area contributed by atoms with E-state index in [-0.39, 0.29) is 0 Å². The Balaban J connectivity index is 1.52. The minimum absolute atomic E-state index is 0.349. The van der Waals surface area contributed by atoms with Crippen LogP contribution >= 0.6 is 0 Å². The molecule has 3 N–H and O–H groups in total. The van der Waals surface area contributed by atoms with Gasteiger partial charge in [-0.05, 0) is 62.9 Å². The Morgan fingerprint density at radius 3 is 2.32 bits per heavy atom. The van der Waals surface area contributed by atoms with Gasteiger partial charge in [-0.3, -0.25) is 4.90 Å². The third-order valence-corrected chi connectivity index (χ3v) is 5.00. The molecule has 1 saturated carbocycles. The number of carbonyl (C=O) groups is 1. The van der Waals surface area contributed by atoms with Crippen molar-refractivity contribution in [2.45, 2.75) is 38.6 Å². The van der Waals surface area contributed by atoms with Gasteiger partial charge in [-0.2, -0.15) is 0 Å². The number of rotatable bonds is 4. The molecule has 0 amide bonds. The van der Waals surface area contributed by atoms with Gasteiger partial charge in [0.1, 0.15) is 0 Å². The third-order valence-electron chi connectivity index (χ3n) is 5.00. The standard InChI is InChI=1S/C18H24N2O2/c19-17(14-2-1-3-14)15-8-10-20(11-9-15)12-13-4-6-16(7-5-13)18(21)22/h4-7,15H,1-3,8-12,19H2,(H,21,22). The van der Waals surface area contributed by atoms with Crippen molar-refractivity contribution in [3.63, 3.8) is 0 Å². The number of piperidine rings is 1. The van der Waals surface area contributed by atoms with E-state index in [1.807, 2.05) is 12.1 Å². The minimum Gasteiger partial charge on any atom is -0.478 e. The fourth-order valence-corrected chi connectivity index (χ4v) is 3.34. The van der Waals surface area contributed by atoms with E-state index in [9.17, 15) is 4.79 Å². The molecule has 1 aliphatic carbocycles. The Bertz CT molecular complexity index is 563. The van der Waals surface area contributed by atoms with E-state index in [0.717, 1.165) is 32.5 Å². The Hall–Kier alpha value is -1.81. The molecule has 0 unspecified atom stereocenters. The van der Waals surface area contributed by atoms with Gasteiger partial charge in [-0.15, -0.1) is 0 Å². The summed E-state index contributed by atoms with van der Waals surface area (Å²) in [5.41, 5.74) is 10.5. The van der Waals surface area contributed by atoms with Crippen molar-refractivity contribution in [2.75, 3.05) is 13.1 Å². The van der Waals surface area contributed by atoms with Crippen molar-refractivity contribution < 1.29 is 9.90 Å². The molecule has 0 radical (unpaired) electrons. The lowest BCUT2D eigenvalue weighted by Gasteiger charge is -2.34. The molecule has 22 heavy (non-hydrogen) atoms. The molecule has 1 saturated heterocycles. The predicted octanol–water partition coefficient (Wildman–Crippen LogP) is 2.99. The average Bonchev–Trinajstić information content (AvgIpc) is 2.46. The molecule has 4 nitrogen and oxygen atoms in total. The Morgan fingerprint density at radius 2 is 1.82 bits per heavy atom. The molecule has 4 heteroatoms. The second kappa shape index (κ2) is 6.53. The maximum Gasteiger partial charge on any atom is 0.335 e. The summed E-state index contributed by atoms with van der Waals surface area (Å²) in [6.45, 7) is 3.03. The molecular formula is C18H24N2O2. The molecule has 0 bridgehead atoms. The van der Waals surface area contributed by atoms with Crippen molar-refractivity contribution in [2.24, 2.45) is 11.7 Å². The maximum absolute atomic E-state index is 10.9. The number of hydrogen-bond donors (Lipinski definition) is 2. The Kier molecular flexibility index (Phi) is 4.48. The molecule has 0 atom stereocenters. The van der Waals surface area contributed by atoms with Crippen molar-refractivity contribution in [1.29, 1.82) is 0 Å². The van der Waals surface area contributed by atoms with Gasteiger partial charge in [0.05, 0.1) is 5.56 Å². The molecule has 1 aromatic carbocycles. The summed E-state index contributed by atoms with van der Waals surface area (Å²) < 4.78 is 0. The van der Waals surface area contributed by atoms with Crippen LogP contribution in [0.4, 0.5) is 0 Å². The Labute approximate surface area is 131 Å². The number of allylic oxidation sites excluding steroid dienone is 2. The summed E-state index contributed by atoms with van der Waals surface area (Å²) in [5.74, 6) is -0.298.